The minimum Gasteiger partial charge on any atom is -0.381 e. The molecule has 11 heteroatoms. The van der Waals surface area contributed by atoms with Gasteiger partial charge in [-0.05, 0) is 61.8 Å². The second-order valence-electron chi connectivity index (χ2n) is 12.0. The zero-order valence-corrected chi connectivity index (χ0v) is 24.6. The molecule has 2 aromatic carbocycles. The Morgan fingerprint density at radius 2 is 1.80 bits per heavy atom. The van der Waals surface area contributed by atoms with Gasteiger partial charge < -0.3 is 20.7 Å². The molecule has 0 unspecified atom stereocenters. The van der Waals surface area contributed by atoms with Crippen molar-refractivity contribution in [3.05, 3.63) is 77.9 Å². The number of nitrogens with one attached hydrogen (secondary N) is 3. The van der Waals surface area contributed by atoms with E-state index in [1.165, 1.54) is 12.1 Å². The fraction of sp³-hybridized carbons (Fsp3) is 0.485. The van der Waals surface area contributed by atoms with Crippen LogP contribution in [0.1, 0.15) is 43.2 Å². The van der Waals surface area contributed by atoms with Crippen molar-refractivity contribution in [3.63, 3.8) is 0 Å². The lowest BCUT2D eigenvalue weighted by Gasteiger charge is -2.40. The van der Waals surface area contributed by atoms with E-state index in [0.717, 1.165) is 17.7 Å². The van der Waals surface area contributed by atoms with Gasteiger partial charge in [0, 0.05) is 44.5 Å². The van der Waals surface area contributed by atoms with Gasteiger partial charge >= 0.3 is 6.18 Å². The number of alkyl halides is 3. The molecule has 2 saturated heterocycles. The topological polar surface area (TPSA) is 99.8 Å². The standard InChI is InChI=1S/C33H39F3N4O4/c34-33(35,36)25-10-6-11-26(20-25)37-29(41)22-40-16-12-27-24(21-40)9-4-5-13-32(14-17-44-18-15-32)31(43)39-28(30(42)38-27)19-23-7-2-1-3-8-23/h1-8,10-11,20,24,27-28H,9,12-19,21-22H2,(H,37,41)(H,38,42)(H,39,43)/b5-4+/t24-,27+,28-/m0/s1. The van der Waals surface area contributed by atoms with Gasteiger partial charge in [0.2, 0.25) is 17.7 Å². The Bertz CT molecular complexity index is 1340. The Labute approximate surface area is 255 Å². The van der Waals surface area contributed by atoms with Gasteiger partial charge in [-0.3, -0.25) is 19.3 Å². The van der Waals surface area contributed by atoms with Gasteiger partial charge in [0.25, 0.3) is 0 Å². The number of piperidine rings is 1. The van der Waals surface area contributed by atoms with Gasteiger partial charge in [-0.2, -0.15) is 13.2 Å². The first kappa shape index (κ1) is 31.7. The van der Waals surface area contributed by atoms with Gasteiger partial charge in [0.1, 0.15) is 6.04 Å². The fourth-order valence-corrected chi connectivity index (χ4v) is 6.38. The maximum absolute atomic E-state index is 13.7. The van der Waals surface area contributed by atoms with Crippen LogP contribution in [0.3, 0.4) is 0 Å². The molecule has 2 aromatic rings. The first-order valence-electron chi connectivity index (χ1n) is 15.2. The van der Waals surface area contributed by atoms with Gasteiger partial charge in [-0.1, -0.05) is 48.6 Å². The molecule has 236 valence electrons. The number of allylic oxidation sites excluding steroid dienone is 2. The lowest BCUT2D eigenvalue weighted by molar-refractivity contribution is -0.140. The Morgan fingerprint density at radius 1 is 1.02 bits per heavy atom. The van der Waals surface area contributed by atoms with Crippen molar-refractivity contribution in [2.45, 2.75) is 56.8 Å². The lowest BCUT2D eigenvalue weighted by Crippen LogP contribution is -2.58. The van der Waals surface area contributed by atoms with E-state index in [9.17, 15) is 27.6 Å². The number of carbonyl (C=O) groups excluding carboxylic acids is 3. The van der Waals surface area contributed by atoms with E-state index in [1.54, 1.807) is 0 Å². The van der Waals surface area contributed by atoms with Crippen molar-refractivity contribution in [1.82, 2.24) is 15.5 Å². The molecule has 0 radical (unpaired) electrons. The highest BCUT2D eigenvalue weighted by Crippen LogP contribution is 2.36. The van der Waals surface area contributed by atoms with Crippen molar-refractivity contribution in [2.24, 2.45) is 11.3 Å². The molecule has 8 nitrogen and oxygen atoms in total. The monoisotopic (exact) mass is 612 g/mol. The van der Waals surface area contributed by atoms with Crippen LogP contribution in [0.15, 0.2) is 66.7 Å². The smallest absolute Gasteiger partial charge is 0.381 e. The highest BCUT2D eigenvalue weighted by molar-refractivity contribution is 5.92. The number of halogens is 3. The van der Waals surface area contributed by atoms with Crippen LogP contribution in [0.4, 0.5) is 18.9 Å². The number of nitrogens with zero attached hydrogens (tertiary/aromatic N) is 1. The molecule has 0 aliphatic carbocycles. The minimum atomic E-state index is -4.50. The molecule has 3 N–H and O–H groups in total. The lowest BCUT2D eigenvalue weighted by atomic mass is 9.75. The zero-order chi connectivity index (χ0) is 31.2. The van der Waals surface area contributed by atoms with Crippen LogP contribution in [0.5, 0.6) is 0 Å². The summed E-state index contributed by atoms with van der Waals surface area (Å²) >= 11 is 0. The molecule has 44 heavy (non-hydrogen) atoms. The van der Waals surface area contributed by atoms with E-state index in [1.807, 2.05) is 35.2 Å². The fourth-order valence-electron chi connectivity index (χ4n) is 6.38. The number of anilines is 1. The van der Waals surface area contributed by atoms with Gasteiger partial charge in [0.05, 0.1) is 17.5 Å². The Balaban J connectivity index is 1.30. The first-order valence-corrected chi connectivity index (χ1v) is 15.2. The second kappa shape index (κ2) is 13.9. The Hall–Kier alpha value is -3.70. The van der Waals surface area contributed by atoms with Gasteiger partial charge in [-0.15, -0.1) is 0 Å². The zero-order valence-electron chi connectivity index (χ0n) is 24.6. The highest BCUT2D eigenvalue weighted by Gasteiger charge is 2.41. The molecule has 0 saturated carbocycles. The largest absolute Gasteiger partial charge is 0.416 e. The number of hydrogen-bond acceptors (Lipinski definition) is 5. The molecule has 3 aliphatic rings. The Morgan fingerprint density at radius 3 is 2.55 bits per heavy atom. The number of amides is 3. The van der Waals surface area contributed by atoms with Crippen LogP contribution in [-0.2, 0) is 31.7 Å². The quantitative estimate of drug-likeness (QED) is 0.437. The van der Waals surface area contributed by atoms with Crippen LogP contribution >= 0.6 is 0 Å². The van der Waals surface area contributed by atoms with E-state index >= 15 is 0 Å². The van der Waals surface area contributed by atoms with Gasteiger partial charge in [-0.25, -0.2) is 0 Å². The molecule has 0 bridgehead atoms. The number of benzene rings is 2. The summed E-state index contributed by atoms with van der Waals surface area (Å²) in [6, 6.07) is 13.3. The average molecular weight is 613 g/mol. The highest BCUT2D eigenvalue weighted by atomic mass is 19.4. The predicted octanol–water partition coefficient (Wildman–Crippen LogP) is 4.32. The molecule has 1 spiro atoms. The molecule has 5 rings (SSSR count). The molecule has 3 heterocycles. The van der Waals surface area contributed by atoms with Crippen LogP contribution in [0.25, 0.3) is 0 Å². The number of carbonyl (C=O) groups is 3. The minimum absolute atomic E-state index is 0.00319. The number of ether oxygens (including phenoxy) is 1. The van der Waals surface area contributed by atoms with Crippen molar-refractivity contribution >= 4 is 23.4 Å². The summed E-state index contributed by atoms with van der Waals surface area (Å²) in [4.78, 5) is 42.2. The summed E-state index contributed by atoms with van der Waals surface area (Å²) in [5.41, 5.74) is -0.437. The molecule has 2 fully saturated rings. The van der Waals surface area contributed by atoms with E-state index in [4.69, 9.17) is 4.74 Å². The van der Waals surface area contributed by atoms with E-state index in [-0.39, 0.29) is 36.0 Å². The SMILES string of the molecule is O=C(CN1CC[C@H]2NC(=O)[C@H](Cc3ccccc3)NC(=O)C3(C/C=C/C[C@H]2C1)CCOCC3)Nc1cccc(C(F)(F)F)c1. The van der Waals surface area contributed by atoms with Crippen LogP contribution in [-0.4, -0.2) is 67.6 Å². The van der Waals surface area contributed by atoms with Crippen molar-refractivity contribution < 1.29 is 32.3 Å². The summed E-state index contributed by atoms with van der Waals surface area (Å²) in [7, 11) is 0. The molecule has 3 atom stereocenters. The third kappa shape index (κ3) is 8.06. The summed E-state index contributed by atoms with van der Waals surface area (Å²) in [6.07, 6.45) is 2.90. The molecule has 3 amide bonds. The third-order valence-electron chi connectivity index (χ3n) is 8.94. The number of fused-ring (bicyclic) bond motifs is 1. The second-order valence-corrected chi connectivity index (χ2v) is 12.0. The summed E-state index contributed by atoms with van der Waals surface area (Å²) in [5.74, 6) is -0.758. The summed E-state index contributed by atoms with van der Waals surface area (Å²) < 4.78 is 44.9. The number of likely N-dealkylation sites (tertiary alicyclic amines) is 1. The third-order valence-corrected chi connectivity index (χ3v) is 8.94. The summed E-state index contributed by atoms with van der Waals surface area (Å²) in [6.45, 7) is 2.05. The van der Waals surface area contributed by atoms with Crippen LogP contribution in [0.2, 0.25) is 0 Å². The van der Waals surface area contributed by atoms with Crippen LogP contribution in [0, 0.1) is 11.3 Å². The average Bonchev–Trinajstić information content (AvgIpc) is 3.00. The maximum atomic E-state index is 13.7. The summed E-state index contributed by atoms with van der Waals surface area (Å²) in [5, 5.41) is 8.88. The van der Waals surface area contributed by atoms with E-state index < -0.39 is 29.1 Å². The first-order chi connectivity index (χ1) is 21.1. The van der Waals surface area contributed by atoms with Crippen molar-refractivity contribution in [2.75, 3.05) is 38.2 Å². The normalized spacial score (nSPS) is 25.5. The van der Waals surface area contributed by atoms with Crippen molar-refractivity contribution in [3.8, 4) is 0 Å². The van der Waals surface area contributed by atoms with Gasteiger partial charge in [0.15, 0.2) is 0 Å². The molecular formula is C33H39F3N4O4. The Kier molecular flexibility index (Phi) is 10.1. The predicted molar refractivity (Wildman–Crippen MR) is 159 cm³/mol. The molecule has 3 aliphatic heterocycles. The van der Waals surface area contributed by atoms with Crippen LogP contribution < -0.4 is 16.0 Å². The number of hydrogen-bond donors (Lipinski definition) is 3. The maximum Gasteiger partial charge on any atom is 0.416 e. The number of rotatable bonds is 5. The van der Waals surface area contributed by atoms with Crippen molar-refractivity contribution in [1.29, 1.82) is 0 Å². The van der Waals surface area contributed by atoms with E-state index in [2.05, 4.69) is 28.1 Å². The molecular weight excluding hydrogens is 573 g/mol. The van der Waals surface area contributed by atoms with E-state index in [0.29, 0.717) is 64.8 Å². The molecule has 0 aromatic heterocycles.